The third-order valence-electron chi connectivity index (χ3n) is 3.97. The van der Waals surface area contributed by atoms with E-state index in [1.807, 2.05) is 61.5 Å². The quantitative estimate of drug-likeness (QED) is 0.702. The molecule has 0 saturated carbocycles. The number of carbonyl (C=O) groups excluding carboxylic acids is 1. The number of nitriles is 1. The summed E-state index contributed by atoms with van der Waals surface area (Å²) in [6.07, 6.45) is 3.32. The molecule has 0 spiro atoms. The minimum atomic E-state index is -0.219. The third-order valence-corrected chi connectivity index (χ3v) is 3.97. The first-order valence-electron chi connectivity index (χ1n) is 8.32. The predicted octanol–water partition coefficient (Wildman–Crippen LogP) is 4.01. The SMILES string of the molecule is Cc1ccc(N(CCC#N)C(=O)c2cnc(-c3ccccc3)nc2)cc1. The summed E-state index contributed by atoms with van der Waals surface area (Å²) < 4.78 is 0. The molecule has 5 heteroatoms. The summed E-state index contributed by atoms with van der Waals surface area (Å²) in [6, 6.07) is 19.3. The lowest BCUT2D eigenvalue weighted by molar-refractivity contribution is 0.0987. The Morgan fingerprint density at radius 1 is 1.04 bits per heavy atom. The van der Waals surface area contributed by atoms with Gasteiger partial charge in [-0.2, -0.15) is 5.26 Å². The van der Waals surface area contributed by atoms with Crippen LogP contribution in [0.2, 0.25) is 0 Å². The molecular weight excluding hydrogens is 324 g/mol. The minimum Gasteiger partial charge on any atom is -0.307 e. The van der Waals surface area contributed by atoms with Crippen LogP contribution < -0.4 is 4.90 Å². The first-order valence-corrected chi connectivity index (χ1v) is 8.32. The summed E-state index contributed by atoms with van der Waals surface area (Å²) in [5.41, 5.74) is 3.15. The standard InChI is InChI=1S/C21H18N4O/c1-16-8-10-19(11-9-16)25(13-5-12-22)21(26)18-14-23-20(24-15-18)17-6-3-2-4-7-17/h2-4,6-11,14-15H,5,13H2,1H3. The summed E-state index contributed by atoms with van der Waals surface area (Å²) in [5.74, 6) is 0.352. The van der Waals surface area contributed by atoms with Crippen molar-refractivity contribution in [1.29, 1.82) is 5.26 Å². The van der Waals surface area contributed by atoms with E-state index in [1.165, 1.54) is 12.4 Å². The molecule has 0 aliphatic heterocycles. The van der Waals surface area contributed by atoms with E-state index in [9.17, 15) is 4.79 Å². The highest BCUT2D eigenvalue weighted by Crippen LogP contribution is 2.19. The molecule has 0 N–H and O–H groups in total. The molecule has 3 rings (SSSR count). The van der Waals surface area contributed by atoms with Crippen LogP contribution in [0.3, 0.4) is 0 Å². The molecule has 5 nitrogen and oxygen atoms in total. The van der Waals surface area contributed by atoms with Gasteiger partial charge in [0, 0.05) is 30.2 Å². The van der Waals surface area contributed by atoms with Crippen molar-refractivity contribution in [3.05, 3.63) is 78.1 Å². The molecule has 0 aliphatic rings. The first-order chi connectivity index (χ1) is 12.7. The van der Waals surface area contributed by atoms with Crippen molar-refractivity contribution < 1.29 is 4.79 Å². The maximum Gasteiger partial charge on any atom is 0.261 e. The van der Waals surface area contributed by atoms with Crippen molar-refractivity contribution in [3.63, 3.8) is 0 Å². The van der Waals surface area contributed by atoms with Crippen molar-refractivity contribution in [3.8, 4) is 17.5 Å². The number of nitrogens with zero attached hydrogens (tertiary/aromatic N) is 4. The smallest absolute Gasteiger partial charge is 0.261 e. The van der Waals surface area contributed by atoms with Crippen LogP contribution in [0.4, 0.5) is 5.69 Å². The van der Waals surface area contributed by atoms with Crippen LogP contribution in [0.1, 0.15) is 22.3 Å². The molecule has 128 valence electrons. The topological polar surface area (TPSA) is 69.9 Å². The molecule has 0 aliphatic carbocycles. The number of aryl methyl sites for hydroxylation is 1. The van der Waals surface area contributed by atoms with Crippen molar-refractivity contribution >= 4 is 11.6 Å². The molecule has 0 atom stereocenters. The van der Waals surface area contributed by atoms with E-state index in [4.69, 9.17) is 5.26 Å². The fourth-order valence-electron chi connectivity index (χ4n) is 2.57. The van der Waals surface area contributed by atoms with E-state index in [0.29, 0.717) is 17.9 Å². The van der Waals surface area contributed by atoms with E-state index in [1.54, 1.807) is 4.90 Å². The number of carbonyl (C=O) groups is 1. The van der Waals surface area contributed by atoms with Crippen LogP contribution in [-0.4, -0.2) is 22.4 Å². The zero-order valence-corrected chi connectivity index (χ0v) is 14.5. The molecule has 0 unspecified atom stereocenters. The van der Waals surface area contributed by atoms with E-state index in [0.717, 1.165) is 16.8 Å². The summed E-state index contributed by atoms with van der Waals surface area (Å²) in [6.45, 7) is 2.31. The number of hydrogen-bond donors (Lipinski definition) is 0. The first kappa shape index (κ1) is 17.3. The second kappa shape index (κ2) is 8.04. The number of aromatic nitrogens is 2. The maximum atomic E-state index is 12.9. The Bertz CT molecular complexity index is 913. The Labute approximate surface area is 152 Å². The van der Waals surface area contributed by atoms with Crippen LogP contribution in [0.25, 0.3) is 11.4 Å². The second-order valence-corrected chi connectivity index (χ2v) is 5.86. The predicted molar refractivity (Wildman–Crippen MR) is 101 cm³/mol. The lowest BCUT2D eigenvalue weighted by Gasteiger charge is -2.22. The van der Waals surface area contributed by atoms with Gasteiger partial charge in [-0.15, -0.1) is 0 Å². The second-order valence-electron chi connectivity index (χ2n) is 5.86. The van der Waals surface area contributed by atoms with Gasteiger partial charge < -0.3 is 4.90 Å². The monoisotopic (exact) mass is 342 g/mol. The maximum absolute atomic E-state index is 12.9. The van der Waals surface area contributed by atoms with Gasteiger partial charge in [-0.25, -0.2) is 9.97 Å². The zero-order valence-electron chi connectivity index (χ0n) is 14.5. The van der Waals surface area contributed by atoms with Crippen LogP contribution in [0.5, 0.6) is 0 Å². The van der Waals surface area contributed by atoms with Crippen molar-refractivity contribution in [1.82, 2.24) is 9.97 Å². The molecule has 0 saturated heterocycles. The molecule has 3 aromatic rings. The average Bonchev–Trinajstić information content (AvgIpc) is 2.70. The van der Waals surface area contributed by atoms with E-state index in [2.05, 4.69) is 16.0 Å². The molecule has 26 heavy (non-hydrogen) atoms. The van der Waals surface area contributed by atoms with Crippen molar-refractivity contribution in [2.75, 3.05) is 11.4 Å². The summed E-state index contributed by atoms with van der Waals surface area (Å²) in [4.78, 5) is 23.1. The van der Waals surface area contributed by atoms with Crippen LogP contribution in [0.15, 0.2) is 67.0 Å². The average molecular weight is 342 g/mol. The highest BCUT2D eigenvalue weighted by atomic mass is 16.2. The minimum absolute atomic E-state index is 0.219. The number of benzene rings is 2. The fourth-order valence-corrected chi connectivity index (χ4v) is 2.57. The normalized spacial score (nSPS) is 10.2. The molecule has 2 aromatic carbocycles. The Morgan fingerprint density at radius 3 is 2.31 bits per heavy atom. The molecule has 0 radical (unpaired) electrons. The highest BCUT2D eigenvalue weighted by molar-refractivity contribution is 6.05. The summed E-state index contributed by atoms with van der Waals surface area (Å²) in [7, 11) is 0. The van der Waals surface area contributed by atoms with Crippen molar-refractivity contribution in [2.24, 2.45) is 0 Å². The van der Waals surface area contributed by atoms with Gasteiger partial charge in [0.1, 0.15) is 0 Å². The summed E-state index contributed by atoms with van der Waals surface area (Å²) >= 11 is 0. The number of amides is 1. The fraction of sp³-hybridized carbons (Fsp3) is 0.143. The van der Waals surface area contributed by atoms with E-state index < -0.39 is 0 Å². The number of hydrogen-bond acceptors (Lipinski definition) is 4. The van der Waals surface area contributed by atoms with Gasteiger partial charge in [0.25, 0.3) is 5.91 Å². The summed E-state index contributed by atoms with van der Waals surface area (Å²) in [5, 5.41) is 8.91. The van der Waals surface area contributed by atoms with E-state index >= 15 is 0 Å². The molecule has 0 bridgehead atoms. The van der Waals surface area contributed by atoms with Crippen LogP contribution in [-0.2, 0) is 0 Å². The van der Waals surface area contributed by atoms with Gasteiger partial charge in [0.05, 0.1) is 18.1 Å². The van der Waals surface area contributed by atoms with Gasteiger partial charge in [-0.1, -0.05) is 48.0 Å². The van der Waals surface area contributed by atoms with Gasteiger partial charge in [-0.3, -0.25) is 4.79 Å². The molecule has 1 heterocycles. The zero-order chi connectivity index (χ0) is 18.4. The Hall–Kier alpha value is -3.52. The number of anilines is 1. The van der Waals surface area contributed by atoms with Gasteiger partial charge in [0.2, 0.25) is 0 Å². The van der Waals surface area contributed by atoms with Crippen molar-refractivity contribution in [2.45, 2.75) is 13.3 Å². The largest absolute Gasteiger partial charge is 0.307 e. The molecule has 1 amide bonds. The molecule has 1 aromatic heterocycles. The molecule has 0 fully saturated rings. The Morgan fingerprint density at radius 2 is 1.69 bits per heavy atom. The lowest BCUT2D eigenvalue weighted by Crippen LogP contribution is -2.32. The lowest BCUT2D eigenvalue weighted by atomic mass is 10.2. The molecular formula is C21H18N4O. The number of rotatable bonds is 5. The Kier molecular flexibility index (Phi) is 5.35. The van der Waals surface area contributed by atoms with Crippen LogP contribution >= 0.6 is 0 Å². The van der Waals surface area contributed by atoms with Gasteiger partial charge >= 0.3 is 0 Å². The Balaban J connectivity index is 1.86. The van der Waals surface area contributed by atoms with Gasteiger partial charge in [0.15, 0.2) is 5.82 Å². The van der Waals surface area contributed by atoms with Crippen LogP contribution in [0, 0.1) is 18.3 Å². The van der Waals surface area contributed by atoms with E-state index in [-0.39, 0.29) is 12.3 Å². The third kappa shape index (κ3) is 3.93. The van der Waals surface area contributed by atoms with Gasteiger partial charge in [-0.05, 0) is 19.1 Å². The highest BCUT2D eigenvalue weighted by Gasteiger charge is 2.18.